The van der Waals surface area contributed by atoms with Crippen molar-refractivity contribution in [2.45, 2.75) is 64.6 Å². The van der Waals surface area contributed by atoms with Crippen LogP contribution in [0.15, 0.2) is 0 Å². The number of aliphatic hydroxyl groups excluding tert-OH is 1. The number of aliphatic hydroxyl groups is 1. The predicted octanol–water partition coefficient (Wildman–Crippen LogP) is 2.02. The second-order valence-corrected chi connectivity index (χ2v) is 5.23. The fraction of sp³-hybridized carbons (Fsp3) is 1.00. The lowest BCUT2D eigenvalue weighted by atomic mass is 10.0. The maximum absolute atomic E-state index is 9.56. The highest BCUT2D eigenvalue weighted by Gasteiger charge is 2.28. The van der Waals surface area contributed by atoms with Crippen LogP contribution in [0, 0.1) is 0 Å². The molecular formula is C11H23NO. The van der Waals surface area contributed by atoms with Crippen molar-refractivity contribution in [1.29, 1.82) is 0 Å². The third kappa shape index (κ3) is 2.96. The second kappa shape index (κ2) is 3.97. The molecule has 2 nitrogen and oxygen atoms in total. The van der Waals surface area contributed by atoms with Crippen molar-refractivity contribution in [3.05, 3.63) is 0 Å². The van der Waals surface area contributed by atoms with Crippen molar-refractivity contribution in [1.82, 2.24) is 4.90 Å². The standard InChI is InChI=1S/C11H23NO/c1-9-5-6-10(13)7-8-12(9)11(2,3)4/h9-10,13H,5-8H2,1-4H3/t9-,10-/m1/s1. The van der Waals surface area contributed by atoms with Crippen molar-refractivity contribution in [3.8, 4) is 0 Å². The Morgan fingerprint density at radius 3 is 2.31 bits per heavy atom. The van der Waals surface area contributed by atoms with Crippen LogP contribution in [0.3, 0.4) is 0 Å². The molecule has 0 radical (unpaired) electrons. The van der Waals surface area contributed by atoms with Gasteiger partial charge in [-0.15, -0.1) is 0 Å². The molecule has 0 aromatic carbocycles. The van der Waals surface area contributed by atoms with E-state index in [9.17, 15) is 5.11 Å². The molecular weight excluding hydrogens is 162 g/mol. The van der Waals surface area contributed by atoms with Crippen LogP contribution in [0.5, 0.6) is 0 Å². The number of nitrogens with zero attached hydrogens (tertiary/aromatic N) is 1. The largest absolute Gasteiger partial charge is 0.393 e. The minimum Gasteiger partial charge on any atom is -0.393 e. The Balaban J connectivity index is 2.62. The average Bonchev–Trinajstić information content (AvgIpc) is 2.12. The van der Waals surface area contributed by atoms with Crippen LogP contribution < -0.4 is 0 Å². The van der Waals surface area contributed by atoms with Gasteiger partial charge in [0.05, 0.1) is 6.10 Å². The van der Waals surface area contributed by atoms with E-state index in [0.717, 1.165) is 25.8 Å². The van der Waals surface area contributed by atoms with E-state index in [1.165, 1.54) is 0 Å². The summed E-state index contributed by atoms with van der Waals surface area (Å²) < 4.78 is 0. The van der Waals surface area contributed by atoms with Crippen molar-refractivity contribution in [3.63, 3.8) is 0 Å². The third-order valence-electron chi connectivity index (χ3n) is 3.01. The van der Waals surface area contributed by atoms with Gasteiger partial charge in [0.25, 0.3) is 0 Å². The lowest BCUT2D eigenvalue weighted by Crippen LogP contribution is -2.46. The first-order valence-electron chi connectivity index (χ1n) is 5.36. The number of rotatable bonds is 0. The highest BCUT2D eigenvalue weighted by molar-refractivity contribution is 4.84. The normalized spacial score (nSPS) is 33.0. The molecule has 1 aliphatic rings. The second-order valence-electron chi connectivity index (χ2n) is 5.23. The maximum atomic E-state index is 9.56. The van der Waals surface area contributed by atoms with Gasteiger partial charge in [-0.25, -0.2) is 0 Å². The van der Waals surface area contributed by atoms with Crippen molar-refractivity contribution < 1.29 is 5.11 Å². The molecule has 0 aromatic heterocycles. The van der Waals surface area contributed by atoms with Crippen LogP contribution in [0.25, 0.3) is 0 Å². The highest BCUT2D eigenvalue weighted by Crippen LogP contribution is 2.24. The van der Waals surface area contributed by atoms with Crippen molar-refractivity contribution in [2.24, 2.45) is 0 Å². The number of likely N-dealkylation sites (tertiary alicyclic amines) is 1. The molecule has 1 fully saturated rings. The van der Waals surface area contributed by atoms with Gasteiger partial charge >= 0.3 is 0 Å². The first kappa shape index (κ1) is 11.0. The highest BCUT2D eigenvalue weighted by atomic mass is 16.3. The van der Waals surface area contributed by atoms with E-state index < -0.39 is 0 Å². The summed E-state index contributed by atoms with van der Waals surface area (Å²) in [7, 11) is 0. The first-order chi connectivity index (χ1) is 5.91. The fourth-order valence-corrected chi connectivity index (χ4v) is 2.24. The van der Waals surface area contributed by atoms with E-state index in [1.807, 2.05) is 0 Å². The topological polar surface area (TPSA) is 23.5 Å². The quantitative estimate of drug-likeness (QED) is 0.624. The molecule has 0 aliphatic carbocycles. The molecule has 0 aromatic rings. The van der Waals surface area contributed by atoms with Gasteiger partial charge in [-0.1, -0.05) is 0 Å². The minimum absolute atomic E-state index is 0.0743. The van der Waals surface area contributed by atoms with E-state index in [2.05, 4.69) is 32.6 Å². The summed E-state index contributed by atoms with van der Waals surface area (Å²) in [6.07, 6.45) is 2.95. The van der Waals surface area contributed by atoms with Gasteiger partial charge in [0.15, 0.2) is 0 Å². The van der Waals surface area contributed by atoms with Crippen LogP contribution in [-0.2, 0) is 0 Å². The molecule has 1 rings (SSSR count). The summed E-state index contributed by atoms with van der Waals surface area (Å²) in [5.41, 5.74) is 0.240. The van der Waals surface area contributed by atoms with Crippen LogP contribution >= 0.6 is 0 Å². The van der Waals surface area contributed by atoms with Crippen LogP contribution in [-0.4, -0.2) is 34.2 Å². The van der Waals surface area contributed by atoms with Crippen LogP contribution in [0.1, 0.15) is 47.0 Å². The summed E-state index contributed by atoms with van der Waals surface area (Å²) in [5, 5.41) is 9.56. The summed E-state index contributed by atoms with van der Waals surface area (Å²) >= 11 is 0. The van der Waals surface area contributed by atoms with E-state index >= 15 is 0 Å². The molecule has 0 amide bonds. The molecule has 0 spiro atoms. The van der Waals surface area contributed by atoms with Gasteiger partial charge in [0.2, 0.25) is 0 Å². The Hall–Kier alpha value is -0.0800. The Morgan fingerprint density at radius 2 is 1.77 bits per heavy atom. The lowest BCUT2D eigenvalue weighted by Gasteiger charge is -2.39. The maximum Gasteiger partial charge on any atom is 0.0553 e. The van der Waals surface area contributed by atoms with Crippen LogP contribution in [0.2, 0.25) is 0 Å². The molecule has 2 heteroatoms. The minimum atomic E-state index is -0.0743. The zero-order valence-electron chi connectivity index (χ0n) is 9.38. The van der Waals surface area contributed by atoms with Gasteiger partial charge in [0.1, 0.15) is 0 Å². The van der Waals surface area contributed by atoms with Crippen molar-refractivity contribution in [2.75, 3.05) is 6.54 Å². The van der Waals surface area contributed by atoms with Gasteiger partial charge in [0, 0.05) is 18.1 Å². The van der Waals surface area contributed by atoms with E-state index in [4.69, 9.17) is 0 Å². The average molecular weight is 185 g/mol. The van der Waals surface area contributed by atoms with E-state index in [-0.39, 0.29) is 11.6 Å². The molecule has 0 unspecified atom stereocenters. The van der Waals surface area contributed by atoms with E-state index in [0.29, 0.717) is 6.04 Å². The number of hydrogen-bond donors (Lipinski definition) is 1. The van der Waals surface area contributed by atoms with Gasteiger partial charge in [-0.3, -0.25) is 4.90 Å². The zero-order valence-corrected chi connectivity index (χ0v) is 9.38. The molecule has 1 heterocycles. The van der Waals surface area contributed by atoms with Gasteiger partial charge in [-0.2, -0.15) is 0 Å². The predicted molar refractivity (Wildman–Crippen MR) is 55.8 cm³/mol. The lowest BCUT2D eigenvalue weighted by molar-refractivity contribution is 0.0892. The monoisotopic (exact) mass is 185 g/mol. The first-order valence-corrected chi connectivity index (χ1v) is 5.36. The molecule has 1 aliphatic heterocycles. The summed E-state index contributed by atoms with van der Waals surface area (Å²) in [6, 6.07) is 0.608. The SMILES string of the molecule is C[C@@H]1CC[C@@H](O)CCN1C(C)(C)C. The molecule has 2 atom stereocenters. The molecule has 78 valence electrons. The summed E-state index contributed by atoms with van der Waals surface area (Å²) in [6.45, 7) is 10.1. The third-order valence-corrected chi connectivity index (χ3v) is 3.01. The molecule has 1 N–H and O–H groups in total. The Labute approximate surface area is 81.9 Å². The Bertz CT molecular complexity index is 162. The summed E-state index contributed by atoms with van der Waals surface area (Å²) in [5.74, 6) is 0. The summed E-state index contributed by atoms with van der Waals surface area (Å²) in [4.78, 5) is 2.50. The van der Waals surface area contributed by atoms with Gasteiger partial charge < -0.3 is 5.11 Å². The molecule has 0 saturated carbocycles. The van der Waals surface area contributed by atoms with E-state index in [1.54, 1.807) is 0 Å². The smallest absolute Gasteiger partial charge is 0.0553 e. The number of hydrogen-bond acceptors (Lipinski definition) is 2. The van der Waals surface area contributed by atoms with Crippen LogP contribution in [0.4, 0.5) is 0 Å². The molecule has 0 bridgehead atoms. The Morgan fingerprint density at radius 1 is 1.15 bits per heavy atom. The Kier molecular flexibility index (Phi) is 3.36. The zero-order chi connectivity index (χ0) is 10.1. The molecule has 1 saturated heterocycles. The van der Waals surface area contributed by atoms with Gasteiger partial charge in [-0.05, 0) is 47.0 Å². The fourth-order valence-electron chi connectivity index (χ4n) is 2.24. The molecule has 13 heavy (non-hydrogen) atoms. The van der Waals surface area contributed by atoms with Crippen molar-refractivity contribution >= 4 is 0 Å².